The predicted molar refractivity (Wildman–Crippen MR) is 150 cm³/mol. The first kappa shape index (κ1) is 19.3. The van der Waals surface area contributed by atoms with E-state index < -0.39 is 11.9 Å². The van der Waals surface area contributed by atoms with Crippen molar-refractivity contribution in [1.29, 1.82) is 0 Å². The highest BCUT2D eigenvalue weighted by Gasteiger charge is 2.25. The molecule has 0 unspecified atom stereocenters. The summed E-state index contributed by atoms with van der Waals surface area (Å²) >= 11 is 0. The number of aryl methyl sites for hydroxylation is 1. The molecule has 0 atom stereocenters. The lowest BCUT2D eigenvalue weighted by Gasteiger charge is -2.24. The Morgan fingerprint density at radius 1 is 0.459 bits per heavy atom. The standard InChI is InChI=1S/C33H16O4/c1-13-4-16-7-19-10-21(32(34)35)8-17-5-14-2-3-15-6-18-9-22(33(36)37)11-20-12-23(13)29-28(16)30(24(17)19)26(14)27(15)31(29)25(18)20/h2-12H,1H3,(H,34,35)(H,36,37). The summed E-state index contributed by atoms with van der Waals surface area (Å²) in [6.07, 6.45) is 0. The van der Waals surface area contributed by atoms with E-state index in [2.05, 4.69) is 49.4 Å². The van der Waals surface area contributed by atoms with Crippen molar-refractivity contribution < 1.29 is 19.8 Å². The Balaban J connectivity index is 1.70. The maximum atomic E-state index is 12.0. The average molecular weight is 476 g/mol. The van der Waals surface area contributed by atoms with Gasteiger partial charge in [-0.2, -0.15) is 0 Å². The Morgan fingerprint density at radius 3 is 1.38 bits per heavy atom. The van der Waals surface area contributed by atoms with Crippen LogP contribution in [0.4, 0.5) is 0 Å². The van der Waals surface area contributed by atoms with Crippen LogP contribution in [-0.4, -0.2) is 22.2 Å². The van der Waals surface area contributed by atoms with Crippen molar-refractivity contribution in [2.24, 2.45) is 0 Å². The molecular weight excluding hydrogens is 460 g/mol. The van der Waals surface area contributed by atoms with Gasteiger partial charge in [-0.3, -0.25) is 0 Å². The summed E-state index contributed by atoms with van der Waals surface area (Å²) in [6, 6.07) is 22.1. The molecule has 9 aromatic carbocycles. The molecule has 0 aliphatic carbocycles. The minimum Gasteiger partial charge on any atom is -0.478 e. The lowest BCUT2D eigenvalue weighted by atomic mass is 9.78. The molecular formula is C33H16O4. The number of carbonyl (C=O) groups is 2. The largest absolute Gasteiger partial charge is 0.478 e. The maximum absolute atomic E-state index is 12.0. The Bertz CT molecular complexity index is 2470. The van der Waals surface area contributed by atoms with Crippen molar-refractivity contribution in [3.63, 3.8) is 0 Å². The molecule has 9 aromatic rings. The second-order valence-corrected chi connectivity index (χ2v) is 10.4. The molecule has 4 nitrogen and oxygen atoms in total. The van der Waals surface area contributed by atoms with E-state index in [1.54, 1.807) is 24.3 Å². The van der Waals surface area contributed by atoms with E-state index in [0.29, 0.717) is 11.1 Å². The van der Waals surface area contributed by atoms with Gasteiger partial charge in [0.1, 0.15) is 0 Å². The number of carboxylic acids is 2. The highest BCUT2D eigenvalue weighted by molar-refractivity contribution is 6.50. The molecule has 4 heteroatoms. The second-order valence-electron chi connectivity index (χ2n) is 10.4. The maximum Gasteiger partial charge on any atom is 0.335 e. The van der Waals surface area contributed by atoms with Crippen molar-refractivity contribution in [1.82, 2.24) is 0 Å². The van der Waals surface area contributed by atoms with Gasteiger partial charge in [0.25, 0.3) is 0 Å². The SMILES string of the molecule is Cc1cc2cc3cc(C(=O)O)cc4cc5ccc6cc7cc(C(=O)O)cc8cc1c1c2c(c43)c5c6c1c78. The number of aromatic carboxylic acids is 2. The molecule has 0 saturated heterocycles. The highest BCUT2D eigenvalue weighted by Crippen LogP contribution is 2.53. The molecule has 0 saturated carbocycles. The van der Waals surface area contributed by atoms with Crippen LogP contribution in [0.15, 0.2) is 66.7 Å². The van der Waals surface area contributed by atoms with Gasteiger partial charge in [-0.05, 0) is 147 Å². The highest BCUT2D eigenvalue weighted by atomic mass is 16.4. The summed E-state index contributed by atoms with van der Waals surface area (Å²) in [7, 11) is 0. The number of carboxylic acid groups (broad SMARTS) is 2. The molecule has 0 heterocycles. The van der Waals surface area contributed by atoms with Crippen molar-refractivity contribution >= 4 is 98.1 Å². The summed E-state index contributed by atoms with van der Waals surface area (Å²) in [4.78, 5) is 23.9. The van der Waals surface area contributed by atoms with Crippen LogP contribution >= 0.6 is 0 Å². The Kier molecular flexibility index (Phi) is 3.06. The van der Waals surface area contributed by atoms with Gasteiger partial charge < -0.3 is 10.2 Å². The third kappa shape index (κ3) is 2.09. The molecule has 0 radical (unpaired) electrons. The molecule has 37 heavy (non-hydrogen) atoms. The summed E-state index contributed by atoms with van der Waals surface area (Å²) in [6.45, 7) is 2.10. The number of rotatable bonds is 2. The van der Waals surface area contributed by atoms with Gasteiger partial charge in [-0.15, -0.1) is 0 Å². The van der Waals surface area contributed by atoms with E-state index >= 15 is 0 Å². The van der Waals surface area contributed by atoms with Gasteiger partial charge in [-0.1, -0.05) is 18.2 Å². The molecule has 0 aromatic heterocycles. The zero-order valence-electron chi connectivity index (χ0n) is 19.6. The lowest BCUT2D eigenvalue weighted by molar-refractivity contribution is 0.0686. The first-order valence-electron chi connectivity index (χ1n) is 12.2. The van der Waals surface area contributed by atoms with Gasteiger partial charge in [0.05, 0.1) is 11.1 Å². The Labute approximate surface area is 208 Å². The van der Waals surface area contributed by atoms with Crippen LogP contribution in [0.25, 0.3) is 86.2 Å². The second kappa shape index (κ2) is 5.88. The molecule has 2 N–H and O–H groups in total. The fourth-order valence-electron chi connectivity index (χ4n) is 7.17. The Hall–Kier alpha value is -4.96. The van der Waals surface area contributed by atoms with Gasteiger partial charge in [-0.25, -0.2) is 9.59 Å². The van der Waals surface area contributed by atoms with Crippen LogP contribution in [-0.2, 0) is 0 Å². The zero-order valence-corrected chi connectivity index (χ0v) is 19.6. The fourth-order valence-corrected chi connectivity index (χ4v) is 7.17. The Morgan fingerprint density at radius 2 is 0.865 bits per heavy atom. The van der Waals surface area contributed by atoms with Crippen LogP contribution < -0.4 is 0 Å². The third-order valence-corrected chi connectivity index (χ3v) is 8.50. The summed E-state index contributed by atoms with van der Waals surface area (Å²) in [5.41, 5.74) is 1.70. The topological polar surface area (TPSA) is 74.6 Å². The molecule has 0 fully saturated rings. The molecule has 0 bridgehead atoms. The number of benzene rings is 9. The van der Waals surface area contributed by atoms with Gasteiger partial charge >= 0.3 is 11.9 Å². The molecule has 0 aliphatic rings. The van der Waals surface area contributed by atoms with Gasteiger partial charge in [0.15, 0.2) is 0 Å². The summed E-state index contributed by atoms with van der Waals surface area (Å²) < 4.78 is 0. The minimum absolute atomic E-state index is 0.291. The first-order chi connectivity index (χ1) is 17.9. The smallest absolute Gasteiger partial charge is 0.335 e. The van der Waals surface area contributed by atoms with Gasteiger partial charge in [0.2, 0.25) is 0 Å². The quantitative estimate of drug-likeness (QED) is 0.194. The third-order valence-electron chi connectivity index (χ3n) is 8.50. The van der Waals surface area contributed by atoms with Crippen LogP contribution in [0, 0.1) is 6.92 Å². The van der Waals surface area contributed by atoms with E-state index in [4.69, 9.17) is 0 Å². The van der Waals surface area contributed by atoms with Crippen LogP contribution in [0.3, 0.4) is 0 Å². The van der Waals surface area contributed by atoms with Crippen LogP contribution in [0.5, 0.6) is 0 Å². The van der Waals surface area contributed by atoms with E-state index in [9.17, 15) is 19.8 Å². The number of hydrogen-bond acceptors (Lipinski definition) is 2. The molecule has 172 valence electrons. The fraction of sp³-hybridized carbons (Fsp3) is 0.0303. The normalized spacial score (nSPS) is 12.9. The average Bonchev–Trinajstić information content (AvgIpc) is 2.88. The first-order valence-corrected chi connectivity index (χ1v) is 12.2. The predicted octanol–water partition coefficient (Wildman–Crippen LogP) is 8.37. The van der Waals surface area contributed by atoms with Gasteiger partial charge in [0, 0.05) is 0 Å². The van der Waals surface area contributed by atoms with Crippen molar-refractivity contribution in [3.05, 3.63) is 83.4 Å². The molecule has 0 spiro atoms. The minimum atomic E-state index is -0.928. The molecule has 0 aliphatic heterocycles. The monoisotopic (exact) mass is 476 g/mol. The lowest BCUT2D eigenvalue weighted by Crippen LogP contribution is -2.00. The van der Waals surface area contributed by atoms with E-state index in [1.807, 2.05) is 0 Å². The van der Waals surface area contributed by atoms with E-state index in [1.165, 1.54) is 32.3 Å². The molecule has 0 amide bonds. The van der Waals surface area contributed by atoms with Crippen LogP contribution in [0.2, 0.25) is 0 Å². The van der Waals surface area contributed by atoms with Crippen LogP contribution in [0.1, 0.15) is 26.3 Å². The molecule has 9 rings (SSSR count). The zero-order chi connectivity index (χ0) is 24.9. The van der Waals surface area contributed by atoms with Crippen molar-refractivity contribution in [3.8, 4) is 0 Å². The summed E-state index contributed by atoms with van der Waals surface area (Å²) in [5, 5.41) is 37.1. The number of hydrogen-bond donors (Lipinski definition) is 2. The van der Waals surface area contributed by atoms with Crippen molar-refractivity contribution in [2.75, 3.05) is 0 Å². The van der Waals surface area contributed by atoms with E-state index in [-0.39, 0.29) is 0 Å². The van der Waals surface area contributed by atoms with Crippen molar-refractivity contribution in [2.45, 2.75) is 6.92 Å². The van der Waals surface area contributed by atoms with E-state index in [0.717, 1.165) is 59.4 Å². The summed E-state index contributed by atoms with van der Waals surface area (Å²) in [5.74, 6) is -1.86.